The average Bonchev–Trinajstić information content (AvgIpc) is 2.60. The summed E-state index contributed by atoms with van der Waals surface area (Å²) in [5, 5.41) is 2.76. The summed E-state index contributed by atoms with van der Waals surface area (Å²) in [5.41, 5.74) is 5.68. The van der Waals surface area contributed by atoms with Gasteiger partial charge >= 0.3 is 6.36 Å². The van der Waals surface area contributed by atoms with Crippen molar-refractivity contribution < 1.29 is 27.4 Å². The Morgan fingerprint density at radius 1 is 0.962 bits per heavy atom. The van der Waals surface area contributed by atoms with Crippen LogP contribution >= 0.6 is 12.2 Å². The molecule has 138 valence electrons. The third kappa shape index (κ3) is 6.13. The summed E-state index contributed by atoms with van der Waals surface area (Å²) in [6.07, 6.45) is -4.75. The first-order valence-electron chi connectivity index (χ1n) is 7.14. The third-order valence-corrected chi connectivity index (χ3v) is 3.19. The van der Waals surface area contributed by atoms with Gasteiger partial charge in [-0.15, -0.1) is 13.2 Å². The largest absolute Gasteiger partial charge is 0.573 e. The van der Waals surface area contributed by atoms with Gasteiger partial charge in [-0.05, 0) is 60.7 Å². The third-order valence-electron chi connectivity index (χ3n) is 2.99. The van der Waals surface area contributed by atoms with Crippen molar-refractivity contribution in [3.8, 4) is 11.5 Å². The lowest BCUT2D eigenvalue weighted by molar-refractivity contribution is -0.274. The Hall–Kier alpha value is -3.01. The highest BCUT2D eigenvalue weighted by Crippen LogP contribution is 2.23. The van der Waals surface area contributed by atoms with E-state index in [1.807, 2.05) is 0 Å². The predicted octanol–water partition coefficient (Wildman–Crippen LogP) is 3.23. The van der Waals surface area contributed by atoms with Gasteiger partial charge in [0.05, 0.1) is 7.11 Å². The fraction of sp³-hybridized carbons (Fsp3) is 0.125. The molecule has 0 saturated carbocycles. The summed E-state index contributed by atoms with van der Waals surface area (Å²) >= 11 is 5.00. The van der Waals surface area contributed by atoms with E-state index >= 15 is 0 Å². The second kappa shape index (κ2) is 8.39. The zero-order valence-electron chi connectivity index (χ0n) is 13.4. The van der Waals surface area contributed by atoms with Crippen molar-refractivity contribution in [1.82, 2.24) is 10.9 Å². The van der Waals surface area contributed by atoms with E-state index in [1.54, 1.807) is 24.3 Å². The molecule has 1 amide bonds. The molecule has 0 saturated heterocycles. The number of benzene rings is 2. The minimum atomic E-state index is -4.75. The van der Waals surface area contributed by atoms with E-state index in [9.17, 15) is 18.0 Å². The van der Waals surface area contributed by atoms with Crippen LogP contribution in [0, 0.1) is 0 Å². The molecule has 0 aliphatic heterocycles. The molecule has 0 radical (unpaired) electrons. The van der Waals surface area contributed by atoms with Crippen LogP contribution in [-0.4, -0.2) is 24.5 Å². The van der Waals surface area contributed by atoms with Gasteiger partial charge in [0.15, 0.2) is 5.11 Å². The lowest BCUT2D eigenvalue weighted by Crippen LogP contribution is -2.43. The van der Waals surface area contributed by atoms with Crippen molar-refractivity contribution in [2.75, 3.05) is 12.4 Å². The van der Waals surface area contributed by atoms with E-state index in [0.29, 0.717) is 17.0 Å². The van der Waals surface area contributed by atoms with Crippen LogP contribution in [0.2, 0.25) is 0 Å². The molecule has 0 bridgehead atoms. The summed E-state index contributed by atoms with van der Waals surface area (Å²) in [6, 6.07) is 11.4. The van der Waals surface area contributed by atoms with E-state index < -0.39 is 12.3 Å². The molecule has 0 fully saturated rings. The van der Waals surface area contributed by atoms with Crippen molar-refractivity contribution in [3.05, 3.63) is 54.1 Å². The van der Waals surface area contributed by atoms with E-state index in [2.05, 4.69) is 20.9 Å². The summed E-state index contributed by atoms with van der Waals surface area (Å²) < 4.78 is 45.0. The Labute approximate surface area is 152 Å². The van der Waals surface area contributed by atoms with Gasteiger partial charge in [-0.2, -0.15) is 0 Å². The number of hydrogen-bond acceptors (Lipinski definition) is 4. The number of methoxy groups -OCH3 is 1. The molecule has 10 heteroatoms. The van der Waals surface area contributed by atoms with Crippen LogP contribution in [0.4, 0.5) is 18.9 Å². The normalized spacial score (nSPS) is 10.6. The number of rotatable bonds is 4. The van der Waals surface area contributed by atoms with Crippen LogP contribution < -0.4 is 25.6 Å². The number of carbonyl (C=O) groups is 1. The van der Waals surface area contributed by atoms with E-state index in [-0.39, 0.29) is 10.9 Å². The maximum absolute atomic E-state index is 12.1. The first-order chi connectivity index (χ1) is 12.3. The van der Waals surface area contributed by atoms with Crippen molar-refractivity contribution in [2.45, 2.75) is 6.36 Å². The molecule has 0 heterocycles. The Kier molecular flexibility index (Phi) is 6.23. The SMILES string of the molecule is COc1ccc(C(=O)NNC(=S)Nc2ccc(OC(F)(F)F)cc2)cc1. The van der Waals surface area contributed by atoms with Crippen molar-refractivity contribution >= 4 is 28.9 Å². The highest BCUT2D eigenvalue weighted by Gasteiger charge is 2.30. The van der Waals surface area contributed by atoms with Crippen LogP contribution in [0.1, 0.15) is 10.4 Å². The number of nitrogens with one attached hydrogen (secondary N) is 3. The zero-order chi connectivity index (χ0) is 19.2. The molecule has 2 aromatic carbocycles. The number of halogens is 3. The molecule has 0 aromatic heterocycles. The van der Waals surface area contributed by atoms with Crippen molar-refractivity contribution in [1.29, 1.82) is 0 Å². The van der Waals surface area contributed by atoms with Gasteiger partial charge in [-0.3, -0.25) is 15.6 Å². The standard InChI is InChI=1S/C16H14F3N3O3S/c1-24-12-6-2-10(3-7-12)14(23)21-22-15(26)20-11-4-8-13(9-5-11)25-16(17,18)19/h2-9H,1H3,(H,21,23)(H2,20,22,26). The lowest BCUT2D eigenvalue weighted by Gasteiger charge is -2.13. The highest BCUT2D eigenvalue weighted by atomic mass is 32.1. The monoisotopic (exact) mass is 385 g/mol. The fourth-order valence-electron chi connectivity index (χ4n) is 1.83. The van der Waals surface area contributed by atoms with Crippen LogP contribution in [-0.2, 0) is 0 Å². The van der Waals surface area contributed by atoms with Crippen LogP contribution in [0.25, 0.3) is 0 Å². The summed E-state index contributed by atoms with van der Waals surface area (Å²) in [4.78, 5) is 12.0. The maximum Gasteiger partial charge on any atom is 0.573 e. The molecule has 0 atom stereocenters. The second-order valence-electron chi connectivity index (χ2n) is 4.83. The van der Waals surface area contributed by atoms with Gasteiger partial charge in [0.25, 0.3) is 5.91 Å². The molecule has 2 rings (SSSR count). The molecule has 0 spiro atoms. The van der Waals surface area contributed by atoms with Crippen molar-refractivity contribution in [2.24, 2.45) is 0 Å². The Bertz CT molecular complexity index is 765. The number of hydrogen-bond donors (Lipinski definition) is 3. The average molecular weight is 385 g/mol. The summed E-state index contributed by atoms with van der Waals surface area (Å²) in [5.74, 6) is -0.162. The number of amides is 1. The van der Waals surface area contributed by atoms with Crippen LogP contribution in [0.3, 0.4) is 0 Å². The lowest BCUT2D eigenvalue weighted by atomic mass is 10.2. The van der Waals surface area contributed by atoms with Gasteiger partial charge in [-0.25, -0.2) is 0 Å². The second-order valence-corrected chi connectivity index (χ2v) is 5.24. The number of hydrazine groups is 1. The fourth-order valence-corrected chi connectivity index (χ4v) is 2.00. The summed E-state index contributed by atoms with van der Waals surface area (Å²) in [7, 11) is 1.52. The van der Waals surface area contributed by atoms with E-state index in [0.717, 1.165) is 12.1 Å². The quantitative estimate of drug-likeness (QED) is 0.555. The molecule has 0 aliphatic rings. The van der Waals surface area contributed by atoms with Gasteiger partial charge < -0.3 is 14.8 Å². The molecule has 0 aliphatic carbocycles. The Balaban J connectivity index is 1.83. The van der Waals surface area contributed by atoms with Crippen LogP contribution in [0.15, 0.2) is 48.5 Å². The van der Waals surface area contributed by atoms with Gasteiger partial charge in [0.2, 0.25) is 0 Å². The smallest absolute Gasteiger partial charge is 0.497 e. The molecular weight excluding hydrogens is 371 g/mol. The molecule has 3 N–H and O–H groups in total. The molecule has 0 unspecified atom stereocenters. The zero-order valence-corrected chi connectivity index (χ0v) is 14.2. The predicted molar refractivity (Wildman–Crippen MR) is 92.9 cm³/mol. The first kappa shape index (κ1) is 19.3. The molecule has 2 aromatic rings. The maximum atomic E-state index is 12.1. The number of carbonyl (C=O) groups excluding carboxylic acids is 1. The highest BCUT2D eigenvalue weighted by molar-refractivity contribution is 7.80. The first-order valence-corrected chi connectivity index (χ1v) is 7.55. The topological polar surface area (TPSA) is 71.6 Å². The van der Waals surface area contributed by atoms with Gasteiger partial charge in [-0.1, -0.05) is 0 Å². The summed E-state index contributed by atoms with van der Waals surface area (Å²) in [6.45, 7) is 0. The Morgan fingerprint density at radius 2 is 1.54 bits per heavy atom. The minimum Gasteiger partial charge on any atom is -0.497 e. The van der Waals surface area contributed by atoms with E-state index in [4.69, 9.17) is 17.0 Å². The molecule has 6 nitrogen and oxygen atoms in total. The number of alkyl halides is 3. The number of anilines is 1. The number of thiocarbonyl (C=S) groups is 1. The van der Waals surface area contributed by atoms with Crippen LogP contribution in [0.5, 0.6) is 11.5 Å². The minimum absolute atomic E-state index is 0.0522. The van der Waals surface area contributed by atoms with Gasteiger partial charge in [0.1, 0.15) is 11.5 Å². The molecular formula is C16H14F3N3O3S. The molecule has 26 heavy (non-hydrogen) atoms. The number of ether oxygens (including phenoxy) is 2. The van der Waals surface area contributed by atoms with E-state index in [1.165, 1.54) is 19.2 Å². The van der Waals surface area contributed by atoms with Crippen molar-refractivity contribution in [3.63, 3.8) is 0 Å². The Morgan fingerprint density at radius 3 is 2.08 bits per heavy atom. The van der Waals surface area contributed by atoms with Gasteiger partial charge in [0, 0.05) is 11.3 Å².